The summed E-state index contributed by atoms with van der Waals surface area (Å²) in [5.41, 5.74) is 1.69. The van der Waals surface area contributed by atoms with Crippen molar-refractivity contribution in [2.75, 3.05) is 6.54 Å². The molecule has 3 aliphatic rings. The lowest BCUT2D eigenvalue weighted by molar-refractivity contribution is -0.159. The summed E-state index contributed by atoms with van der Waals surface area (Å²) in [6, 6.07) is 13.1. The number of benzene rings is 1. The highest BCUT2D eigenvalue weighted by molar-refractivity contribution is 6.14. The maximum atomic E-state index is 15.4. The number of nitrogens with zero attached hydrogens (tertiary/aromatic N) is 3. The number of hydrogen-bond acceptors (Lipinski definition) is 5. The zero-order chi connectivity index (χ0) is 24.8. The van der Waals surface area contributed by atoms with E-state index in [1.807, 2.05) is 18.2 Å². The highest BCUT2D eigenvalue weighted by Crippen LogP contribution is 2.60. The van der Waals surface area contributed by atoms with Crippen LogP contribution < -0.4 is 0 Å². The van der Waals surface area contributed by atoms with Crippen LogP contribution in [0.5, 0.6) is 0 Å². The standard InChI is InChI=1S/C28H25F2N3O2/c1-17-22(12-11-21-10-9-20(15-33-21)23-7-4-3-6-19(23)14-31)25-18(2)35-26(34)27(25,16-28(17,29)30)24-8-5-13-32-24/h3-12,15,17-18,22,25H,13,16H2,1-2H3/b12-11+/t17-,18+,22-,25-,27-/m0/s1. The number of allylic oxidation sites excluding steroid dienone is 2. The first-order chi connectivity index (χ1) is 16.8. The first-order valence-electron chi connectivity index (χ1n) is 11.7. The molecule has 0 bridgehead atoms. The van der Waals surface area contributed by atoms with Crippen molar-refractivity contribution in [3.8, 4) is 17.2 Å². The molecule has 1 saturated heterocycles. The van der Waals surface area contributed by atoms with Crippen LogP contribution in [0.1, 0.15) is 31.5 Å². The Bertz CT molecular complexity index is 1290. The maximum absolute atomic E-state index is 15.4. The summed E-state index contributed by atoms with van der Waals surface area (Å²) >= 11 is 0. The fourth-order valence-corrected chi connectivity index (χ4v) is 5.86. The molecular formula is C28H25F2N3O2. The van der Waals surface area contributed by atoms with Crippen molar-refractivity contribution in [1.82, 2.24) is 4.98 Å². The van der Waals surface area contributed by atoms with Gasteiger partial charge in [-0.2, -0.15) is 5.26 Å². The SMILES string of the molecule is C[C@H]1OC(=O)[C@]2(C3=NCC=C3)CC(F)(F)[C@@H](C)[C@H](/C=C/c3ccc(-c4ccccc4C#N)cn3)[C@H]12. The van der Waals surface area contributed by atoms with Gasteiger partial charge in [0, 0.05) is 35.6 Å². The molecule has 35 heavy (non-hydrogen) atoms. The Labute approximate surface area is 202 Å². The van der Waals surface area contributed by atoms with Gasteiger partial charge in [-0.1, -0.05) is 43.3 Å². The number of esters is 1. The third-order valence-electron chi connectivity index (χ3n) is 7.64. The minimum absolute atomic E-state index is 0.387. The molecule has 1 aromatic heterocycles. The van der Waals surface area contributed by atoms with Gasteiger partial charge in [-0.05, 0) is 37.1 Å². The lowest BCUT2D eigenvalue weighted by Gasteiger charge is -2.47. The number of hydrogen-bond donors (Lipinski definition) is 0. The lowest BCUT2D eigenvalue weighted by atomic mass is 9.55. The minimum atomic E-state index is -3.06. The van der Waals surface area contributed by atoms with Gasteiger partial charge in [0.25, 0.3) is 5.92 Å². The molecule has 0 spiro atoms. The highest BCUT2D eigenvalue weighted by Gasteiger charge is 2.69. The third kappa shape index (κ3) is 3.68. The van der Waals surface area contributed by atoms with Crippen LogP contribution in [0.3, 0.4) is 0 Å². The van der Waals surface area contributed by atoms with Crippen molar-refractivity contribution in [2.45, 2.75) is 32.3 Å². The van der Waals surface area contributed by atoms with E-state index in [9.17, 15) is 10.1 Å². The Morgan fingerprint density at radius 3 is 2.69 bits per heavy atom. The molecule has 178 valence electrons. The predicted molar refractivity (Wildman–Crippen MR) is 129 cm³/mol. The van der Waals surface area contributed by atoms with E-state index in [4.69, 9.17) is 4.74 Å². The van der Waals surface area contributed by atoms with E-state index >= 15 is 8.78 Å². The molecule has 7 heteroatoms. The van der Waals surface area contributed by atoms with E-state index in [-0.39, 0.29) is 0 Å². The Morgan fingerprint density at radius 1 is 1.20 bits per heavy atom. The summed E-state index contributed by atoms with van der Waals surface area (Å²) in [6.45, 7) is 3.70. The van der Waals surface area contributed by atoms with E-state index in [0.717, 1.165) is 11.1 Å². The number of pyridine rings is 1. The van der Waals surface area contributed by atoms with Crippen LogP contribution in [-0.4, -0.2) is 35.2 Å². The molecular weight excluding hydrogens is 448 g/mol. The number of ether oxygens (including phenoxy) is 1. The quantitative estimate of drug-likeness (QED) is 0.551. The van der Waals surface area contributed by atoms with Crippen molar-refractivity contribution in [2.24, 2.45) is 28.2 Å². The molecule has 3 heterocycles. The number of alkyl halides is 2. The zero-order valence-corrected chi connectivity index (χ0v) is 19.5. The van der Waals surface area contributed by atoms with Crippen molar-refractivity contribution in [1.29, 1.82) is 5.26 Å². The van der Waals surface area contributed by atoms with Crippen LogP contribution in [0, 0.1) is 34.5 Å². The monoisotopic (exact) mass is 473 g/mol. The first-order valence-corrected chi connectivity index (χ1v) is 11.7. The summed E-state index contributed by atoms with van der Waals surface area (Å²) in [5, 5.41) is 9.35. The van der Waals surface area contributed by atoms with E-state index < -0.39 is 47.6 Å². The molecule has 0 unspecified atom stereocenters. The van der Waals surface area contributed by atoms with Gasteiger partial charge in [-0.25, -0.2) is 8.78 Å². The first kappa shape index (κ1) is 23.1. The number of aromatic nitrogens is 1. The molecule has 5 nitrogen and oxygen atoms in total. The van der Waals surface area contributed by atoms with Gasteiger partial charge in [0.2, 0.25) is 0 Å². The molecule has 1 saturated carbocycles. The van der Waals surface area contributed by atoms with E-state index in [2.05, 4.69) is 16.0 Å². The average molecular weight is 474 g/mol. The van der Waals surface area contributed by atoms with Crippen molar-refractivity contribution >= 4 is 17.8 Å². The van der Waals surface area contributed by atoms with Crippen LogP contribution >= 0.6 is 0 Å². The molecule has 0 amide bonds. The van der Waals surface area contributed by atoms with Gasteiger partial charge in [0.1, 0.15) is 11.5 Å². The molecule has 1 aliphatic carbocycles. The topological polar surface area (TPSA) is 75.3 Å². The van der Waals surface area contributed by atoms with E-state index in [1.165, 1.54) is 6.92 Å². The second-order valence-corrected chi connectivity index (χ2v) is 9.53. The Morgan fingerprint density at radius 2 is 2.00 bits per heavy atom. The van der Waals surface area contributed by atoms with Crippen LogP contribution in [0.4, 0.5) is 8.78 Å². The average Bonchev–Trinajstić information content (AvgIpc) is 3.47. The molecule has 5 atom stereocenters. The van der Waals surface area contributed by atoms with Gasteiger partial charge >= 0.3 is 5.97 Å². The van der Waals surface area contributed by atoms with Crippen LogP contribution in [0.2, 0.25) is 0 Å². The minimum Gasteiger partial charge on any atom is -0.462 e. The molecule has 0 radical (unpaired) electrons. The molecule has 2 fully saturated rings. The largest absolute Gasteiger partial charge is 0.462 e. The van der Waals surface area contributed by atoms with Gasteiger partial charge in [-0.15, -0.1) is 0 Å². The maximum Gasteiger partial charge on any atom is 0.319 e. The third-order valence-corrected chi connectivity index (χ3v) is 7.64. The normalized spacial score (nSPS) is 31.2. The summed E-state index contributed by atoms with van der Waals surface area (Å²) < 4.78 is 36.3. The van der Waals surface area contributed by atoms with Crippen LogP contribution in [0.15, 0.2) is 65.8 Å². The predicted octanol–water partition coefficient (Wildman–Crippen LogP) is 5.48. The number of halogens is 2. The van der Waals surface area contributed by atoms with Crippen LogP contribution in [0.25, 0.3) is 17.2 Å². The van der Waals surface area contributed by atoms with Crippen molar-refractivity contribution < 1.29 is 18.3 Å². The number of nitriles is 1. The van der Waals surface area contributed by atoms with Crippen molar-refractivity contribution in [3.05, 3.63) is 72.1 Å². The Hall–Kier alpha value is -3.66. The molecule has 0 N–H and O–H groups in total. The second kappa shape index (κ2) is 8.53. The van der Waals surface area contributed by atoms with E-state index in [1.54, 1.807) is 55.6 Å². The smallest absolute Gasteiger partial charge is 0.319 e. The van der Waals surface area contributed by atoms with Gasteiger partial charge in [0.15, 0.2) is 0 Å². The number of cyclic esters (lactones) is 1. The van der Waals surface area contributed by atoms with Crippen molar-refractivity contribution in [3.63, 3.8) is 0 Å². The molecule has 2 aromatic rings. The zero-order valence-electron chi connectivity index (χ0n) is 19.5. The fourth-order valence-electron chi connectivity index (χ4n) is 5.86. The summed E-state index contributed by atoms with van der Waals surface area (Å²) in [6.07, 6.45) is 7.53. The lowest BCUT2D eigenvalue weighted by Crippen LogP contribution is -2.56. The molecule has 5 rings (SSSR count). The Balaban J connectivity index is 1.49. The number of aliphatic imine (C=N–C) groups is 1. The van der Waals surface area contributed by atoms with Gasteiger partial charge in [-0.3, -0.25) is 14.8 Å². The highest BCUT2D eigenvalue weighted by atomic mass is 19.3. The molecule has 1 aromatic carbocycles. The molecule has 2 aliphatic heterocycles. The summed E-state index contributed by atoms with van der Waals surface area (Å²) in [4.78, 5) is 21.9. The number of carbonyl (C=O) groups is 1. The number of fused-ring (bicyclic) bond motifs is 1. The second-order valence-electron chi connectivity index (χ2n) is 9.53. The summed E-state index contributed by atoms with van der Waals surface area (Å²) in [7, 11) is 0. The van der Waals surface area contributed by atoms with Crippen LogP contribution in [-0.2, 0) is 9.53 Å². The summed E-state index contributed by atoms with van der Waals surface area (Å²) in [5.74, 6) is -5.72. The fraction of sp³-hybridized carbons (Fsp3) is 0.357. The Kier molecular flexibility index (Phi) is 5.63. The number of carbonyl (C=O) groups excluding carboxylic acids is 1. The van der Waals surface area contributed by atoms with E-state index in [0.29, 0.717) is 23.5 Å². The van der Waals surface area contributed by atoms with Gasteiger partial charge in [0.05, 0.1) is 29.6 Å². The van der Waals surface area contributed by atoms with Gasteiger partial charge < -0.3 is 4.74 Å². The number of rotatable bonds is 4.